The molecular formula is C9H8FIO2. The van der Waals surface area contributed by atoms with E-state index >= 15 is 0 Å². The Hall–Kier alpha value is -0.650. The van der Waals surface area contributed by atoms with E-state index in [1.165, 1.54) is 7.11 Å². The van der Waals surface area contributed by atoms with Crippen molar-refractivity contribution in [1.82, 2.24) is 0 Å². The average Bonchev–Trinajstić information content (AvgIpc) is 2.12. The Morgan fingerprint density at radius 3 is 2.69 bits per heavy atom. The van der Waals surface area contributed by atoms with Gasteiger partial charge in [0.15, 0.2) is 0 Å². The number of halogens is 2. The lowest BCUT2D eigenvalue weighted by atomic mass is 10.1. The molecule has 1 aromatic rings. The van der Waals surface area contributed by atoms with Gasteiger partial charge in [-0.05, 0) is 41.1 Å². The highest BCUT2D eigenvalue weighted by Crippen LogP contribution is 2.19. The van der Waals surface area contributed by atoms with Crippen LogP contribution in [0.1, 0.15) is 15.9 Å². The van der Waals surface area contributed by atoms with Gasteiger partial charge >= 0.3 is 5.97 Å². The summed E-state index contributed by atoms with van der Waals surface area (Å²) in [6, 6.07) is 3.31. The standard InChI is InChI=1S/C9H8FIO2/c1-5-3-4-6(11)7(8(5)10)9(12)13-2/h3-4H,1-2H3. The van der Waals surface area contributed by atoms with E-state index in [0.29, 0.717) is 9.13 Å². The summed E-state index contributed by atoms with van der Waals surface area (Å²) in [6.07, 6.45) is 0. The van der Waals surface area contributed by atoms with Crippen LogP contribution in [0, 0.1) is 16.3 Å². The lowest BCUT2D eigenvalue weighted by Gasteiger charge is -2.05. The van der Waals surface area contributed by atoms with Crippen molar-refractivity contribution in [1.29, 1.82) is 0 Å². The van der Waals surface area contributed by atoms with Crippen LogP contribution in [-0.2, 0) is 4.74 Å². The molecule has 13 heavy (non-hydrogen) atoms. The molecule has 0 saturated heterocycles. The van der Waals surface area contributed by atoms with E-state index < -0.39 is 11.8 Å². The molecule has 0 atom stereocenters. The summed E-state index contributed by atoms with van der Waals surface area (Å²) < 4.78 is 18.4. The summed E-state index contributed by atoms with van der Waals surface area (Å²) in [7, 11) is 1.24. The molecule has 70 valence electrons. The fourth-order valence-corrected chi connectivity index (χ4v) is 1.58. The molecule has 1 rings (SSSR count). The molecule has 0 fully saturated rings. The van der Waals surface area contributed by atoms with Gasteiger partial charge in [-0.25, -0.2) is 9.18 Å². The maximum Gasteiger partial charge on any atom is 0.341 e. The zero-order valence-electron chi connectivity index (χ0n) is 7.23. The van der Waals surface area contributed by atoms with Gasteiger partial charge in [0.2, 0.25) is 0 Å². The fourth-order valence-electron chi connectivity index (χ4n) is 0.946. The molecule has 2 nitrogen and oxygen atoms in total. The number of ether oxygens (including phenoxy) is 1. The zero-order chi connectivity index (χ0) is 10.0. The van der Waals surface area contributed by atoms with Crippen LogP contribution >= 0.6 is 22.6 Å². The Labute approximate surface area is 89.2 Å². The van der Waals surface area contributed by atoms with Crippen molar-refractivity contribution >= 4 is 28.6 Å². The van der Waals surface area contributed by atoms with E-state index in [1.807, 2.05) is 22.6 Å². The van der Waals surface area contributed by atoms with Gasteiger partial charge in [-0.3, -0.25) is 0 Å². The van der Waals surface area contributed by atoms with E-state index in [2.05, 4.69) is 4.74 Å². The molecule has 4 heteroatoms. The third-order valence-electron chi connectivity index (χ3n) is 1.67. The third kappa shape index (κ3) is 1.99. The smallest absolute Gasteiger partial charge is 0.341 e. The number of hydrogen-bond acceptors (Lipinski definition) is 2. The summed E-state index contributed by atoms with van der Waals surface area (Å²) >= 11 is 1.90. The summed E-state index contributed by atoms with van der Waals surface area (Å²) in [5.41, 5.74) is 0.462. The molecule has 0 aliphatic rings. The SMILES string of the molecule is COC(=O)c1c(I)ccc(C)c1F. The third-order valence-corrected chi connectivity index (χ3v) is 2.57. The number of aryl methyl sites for hydroxylation is 1. The Kier molecular flexibility index (Phi) is 3.24. The molecule has 0 aliphatic heterocycles. The summed E-state index contributed by atoms with van der Waals surface area (Å²) in [6.45, 7) is 1.61. The largest absolute Gasteiger partial charge is 0.465 e. The van der Waals surface area contributed by atoms with Gasteiger partial charge in [0.1, 0.15) is 11.4 Å². The van der Waals surface area contributed by atoms with Gasteiger partial charge in [0.05, 0.1) is 7.11 Å². The maximum absolute atomic E-state index is 13.4. The van der Waals surface area contributed by atoms with E-state index in [0.717, 1.165) is 0 Å². The quantitative estimate of drug-likeness (QED) is 0.587. The Balaban J connectivity index is 3.33. The van der Waals surface area contributed by atoms with Crippen molar-refractivity contribution in [3.8, 4) is 0 Å². The maximum atomic E-state index is 13.4. The minimum absolute atomic E-state index is 0.0168. The van der Waals surface area contributed by atoms with Crippen molar-refractivity contribution < 1.29 is 13.9 Å². The van der Waals surface area contributed by atoms with Crippen LogP contribution in [0.15, 0.2) is 12.1 Å². The minimum atomic E-state index is -0.634. The second-order valence-corrected chi connectivity index (χ2v) is 3.71. The van der Waals surface area contributed by atoms with E-state index in [-0.39, 0.29) is 5.56 Å². The molecular weight excluding hydrogens is 286 g/mol. The average molecular weight is 294 g/mol. The van der Waals surface area contributed by atoms with Gasteiger partial charge in [0, 0.05) is 3.57 Å². The molecule has 0 amide bonds. The molecule has 0 aliphatic carbocycles. The van der Waals surface area contributed by atoms with Crippen molar-refractivity contribution in [2.45, 2.75) is 6.92 Å². The minimum Gasteiger partial charge on any atom is -0.465 e. The molecule has 0 saturated carbocycles. The van der Waals surface area contributed by atoms with Crippen molar-refractivity contribution in [2.24, 2.45) is 0 Å². The fraction of sp³-hybridized carbons (Fsp3) is 0.222. The predicted molar refractivity (Wildman–Crippen MR) is 55.2 cm³/mol. The highest BCUT2D eigenvalue weighted by Gasteiger charge is 2.17. The van der Waals surface area contributed by atoms with E-state index in [1.54, 1.807) is 19.1 Å². The monoisotopic (exact) mass is 294 g/mol. The molecule has 0 aromatic heterocycles. The summed E-state index contributed by atoms with van der Waals surface area (Å²) in [5.74, 6) is -1.13. The number of hydrogen-bond donors (Lipinski definition) is 0. The number of methoxy groups -OCH3 is 1. The highest BCUT2D eigenvalue weighted by molar-refractivity contribution is 14.1. The van der Waals surface area contributed by atoms with E-state index in [9.17, 15) is 9.18 Å². The topological polar surface area (TPSA) is 26.3 Å². The Morgan fingerprint density at radius 2 is 2.15 bits per heavy atom. The van der Waals surface area contributed by atoms with Crippen LogP contribution in [-0.4, -0.2) is 13.1 Å². The van der Waals surface area contributed by atoms with E-state index in [4.69, 9.17) is 0 Å². The molecule has 0 radical (unpaired) electrons. The number of carbonyl (C=O) groups is 1. The van der Waals surface area contributed by atoms with Crippen LogP contribution in [0.2, 0.25) is 0 Å². The number of benzene rings is 1. The van der Waals surface area contributed by atoms with Gasteiger partial charge in [-0.1, -0.05) is 6.07 Å². The van der Waals surface area contributed by atoms with Gasteiger partial charge in [0.25, 0.3) is 0 Å². The summed E-state index contributed by atoms with van der Waals surface area (Å²) in [4.78, 5) is 11.1. The first-order valence-electron chi connectivity index (χ1n) is 3.61. The lowest BCUT2D eigenvalue weighted by Crippen LogP contribution is -2.08. The molecule has 0 N–H and O–H groups in total. The molecule has 0 heterocycles. The molecule has 0 unspecified atom stereocenters. The molecule has 0 spiro atoms. The van der Waals surface area contributed by atoms with Crippen LogP contribution in [0.5, 0.6) is 0 Å². The van der Waals surface area contributed by atoms with Crippen LogP contribution in [0.4, 0.5) is 4.39 Å². The number of esters is 1. The predicted octanol–water partition coefficient (Wildman–Crippen LogP) is 2.53. The van der Waals surface area contributed by atoms with Crippen molar-refractivity contribution in [2.75, 3.05) is 7.11 Å². The van der Waals surface area contributed by atoms with Crippen LogP contribution in [0.25, 0.3) is 0 Å². The van der Waals surface area contributed by atoms with Crippen molar-refractivity contribution in [3.63, 3.8) is 0 Å². The first-order valence-corrected chi connectivity index (χ1v) is 4.68. The first kappa shape index (κ1) is 10.4. The lowest BCUT2D eigenvalue weighted by molar-refractivity contribution is 0.0594. The first-order chi connectivity index (χ1) is 6.07. The van der Waals surface area contributed by atoms with Gasteiger partial charge in [-0.15, -0.1) is 0 Å². The van der Waals surface area contributed by atoms with Crippen LogP contribution < -0.4 is 0 Å². The number of carbonyl (C=O) groups excluding carboxylic acids is 1. The Bertz CT molecular complexity index is 350. The molecule has 0 bridgehead atoms. The zero-order valence-corrected chi connectivity index (χ0v) is 9.38. The number of rotatable bonds is 1. The van der Waals surface area contributed by atoms with Crippen molar-refractivity contribution in [3.05, 3.63) is 32.6 Å². The molecule has 1 aromatic carbocycles. The highest BCUT2D eigenvalue weighted by atomic mass is 127. The second kappa shape index (κ2) is 4.04. The summed E-state index contributed by atoms with van der Waals surface area (Å²) in [5, 5.41) is 0. The van der Waals surface area contributed by atoms with Crippen LogP contribution in [0.3, 0.4) is 0 Å². The second-order valence-electron chi connectivity index (χ2n) is 2.54. The normalized spacial score (nSPS) is 9.85. The van der Waals surface area contributed by atoms with Gasteiger partial charge < -0.3 is 4.74 Å². The van der Waals surface area contributed by atoms with Gasteiger partial charge in [-0.2, -0.15) is 0 Å². The Morgan fingerprint density at radius 1 is 1.54 bits per heavy atom.